The van der Waals surface area contributed by atoms with Crippen molar-refractivity contribution in [2.45, 2.75) is 34.9 Å². The fraction of sp³-hybridized carbons (Fsp3) is 0.368. The summed E-state index contributed by atoms with van der Waals surface area (Å²) in [6.45, 7) is 0.00875. The number of nitrogens with one attached hydrogen (secondary N) is 2. The van der Waals surface area contributed by atoms with Crippen LogP contribution in [0.3, 0.4) is 0 Å². The number of hydrogen-bond acceptors (Lipinski definition) is 4. The minimum Gasteiger partial charge on any atom is -0.223 e. The monoisotopic (exact) mass is 476 g/mol. The maximum atomic E-state index is 14.9. The summed E-state index contributed by atoms with van der Waals surface area (Å²) in [5.41, 5.74) is -0.246. The van der Waals surface area contributed by atoms with Crippen LogP contribution in [-0.4, -0.2) is 29.4 Å². The summed E-state index contributed by atoms with van der Waals surface area (Å²) in [6, 6.07) is 7.80. The van der Waals surface area contributed by atoms with Crippen molar-refractivity contribution in [2.75, 3.05) is 6.54 Å². The first kappa shape index (κ1) is 21.6. The van der Waals surface area contributed by atoms with Gasteiger partial charge < -0.3 is 0 Å². The van der Waals surface area contributed by atoms with Gasteiger partial charge >= 0.3 is 0 Å². The summed E-state index contributed by atoms with van der Waals surface area (Å²) >= 11 is 5.89. The molecule has 1 saturated carbocycles. The van der Waals surface area contributed by atoms with Gasteiger partial charge in [0, 0.05) is 23.2 Å². The predicted molar refractivity (Wildman–Crippen MR) is 108 cm³/mol. The molecule has 0 amide bonds. The van der Waals surface area contributed by atoms with Crippen molar-refractivity contribution >= 4 is 31.6 Å². The molecule has 11 heteroatoms. The third kappa shape index (κ3) is 3.64. The molecule has 0 bridgehead atoms. The lowest BCUT2D eigenvalue weighted by Crippen LogP contribution is -2.59. The zero-order valence-electron chi connectivity index (χ0n) is 15.6. The molecule has 2 aliphatic rings. The fourth-order valence-electron chi connectivity index (χ4n) is 4.44. The van der Waals surface area contributed by atoms with Crippen molar-refractivity contribution in [3.8, 4) is 0 Å². The summed E-state index contributed by atoms with van der Waals surface area (Å²) in [5, 5.41) is 0.342. The first-order valence-electron chi connectivity index (χ1n) is 9.27. The molecule has 0 radical (unpaired) electrons. The Labute approximate surface area is 178 Å². The molecule has 0 aromatic heterocycles. The van der Waals surface area contributed by atoms with Gasteiger partial charge in [0.05, 0.1) is 4.90 Å². The van der Waals surface area contributed by atoms with E-state index in [9.17, 15) is 25.6 Å². The molecule has 1 aliphatic heterocycles. The molecule has 6 nitrogen and oxygen atoms in total. The number of halogens is 3. The normalized spacial score (nSPS) is 28.6. The van der Waals surface area contributed by atoms with Gasteiger partial charge in [0.2, 0.25) is 0 Å². The van der Waals surface area contributed by atoms with Gasteiger partial charge in [-0.05, 0) is 67.6 Å². The molecule has 2 fully saturated rings. The molecule has 0 spiro atoms. The molecule has 2 aromatic rings. The lowest BCUT2D eigenvalue weighted by Gasteiger charge is -2.46. The second-order valence-electron chi connectivity index (χ2n) is 7.65. The number of fused-ring (bicyclic) bond motifs is 1. The molecular formula is C19H19ClF2N2O4S2. The summed E-state index contributed by atoms with van der Waals surface area (Å²) in [7, 11) is -7.84. The fourth-order valence-corrected chi connectivity index (χ4v) is 8.00. The molecule has 0 unspecified atom stereocenters. The summed E-state index contributed by atoms with van der Waals surface area (Å²) in [4.78, 5) is -0.0571. The van der Waals surface area contributed by atoms with Crippen LogP contribution in [0, 0.1) is 17.6 Å². The van der Waals surface area contributed by atoms with E-state index in [0.717, 1.165) is 18.2 Å². The minimum atomic E-state index is -4.18. The molecule has 162 valence electrons. The number of benzene rings is 2. The summed E-state index contributed by atoms with van der Waals surface area (Å²) in [6.07, 6.45) is 0.0227. The summed E-state index contributed by atoms with van der Waals surface area (Å²) in [5.74, 6) is -1.99. The summed E-state index contributed by atoms with van der Waals surface area (Å²) < 4.78 is 83.3. The molecular weight excluding hydrogens is 458 g/mol. The Bertz CT molecular complexity index is 1190. The third-order valence-electron chi connectivity index (χ3n) is 5.92. The third-order valence-corrected chi connectivity index (χ3v) is 9.84. The highest BCUT2D eigenvalue weighted by atomic mass is 35.5. The Morgan fingerprint density at radius 2 is 1.80 bits per heavy atom. The van der Waals surface area contributed by atoms with Crippen LogP contribution in [0.25, 0.3) is 0 Å². The highest BCUT2D eigenvalue weighted by molar-refractivity contribution is 7.92. The first-order valence-corrected chi connectivity index (χ1v) is 12.6. The Morgan fingerprint density at radius 1 is 1.10 bits per heavy atom. The topological polar surface area (TPSA) is 92.3 Å². The molecule has 30 heavy (non-hydrogen) atoms. The van der Waals surface area contributed by atoms with Crippen LogP contribution in [0.4, 0.5) is 8.78 Å². The molecule has 4 rings (SSSR count). The zero-order valence-corrected chi connectivity index (χ0v) is 18.0. The molecule has 2 N–H and O–H groups in total. The quantitative estimate of drug-likeness (QED) is 0.712. The maximum absolute atomic E-state index is 14.9. The molecule has 1 aliphatic carbocycles. The standard InChI is InChI=1S/C19H19ClF2N2O4S2/c20-13-1-4-15(5-2-13)29(25,26)19(16-9-14(21)3-6-17(16)22)8-7-18-12(10-19)11-23-30(27,28)24-18/h1-6,9,12,18,23-24H,7-8,10-11H2/t12-,18-,19+/m0/s1. The molecule has 1 heterocycles. The van der Waals surface area contributed by atoms with E-state index in [1.54, 1.807) is 0 Å². The Morgan fingerprint density at radius 3 is 2.50 bits per heavy atom. The lowest BCUT2D eigenvalue weighted by atomic mass is 9.74. The van der Waals surface area contributed by atoms with E-state index in [2.05, 4.69) is 9.44 Å². The van der Waals surface area contributed by atoms with Crippen LogP contribution in [0.5, 0.6) is 0 Å². The number of sulfone groups is 1. The van der Waals surface area contributed by atoms with Gasteiger partial charge in [0.1, 0.15) is 16.4 Å². The van der Waals surface area contributed by atoms with E-state index < -0.39 is 48.4 Å². The number of hydrogen-bond donors (Lipinski definition) is 2. The van der Waals surface area contributed by atoms with Gasteiger partial charge in [-0.25, -0.2) is 21.9 Å². The largest absolute Gasteiger partial charge is 0.277 e. The second-order valence-corrected chi connectivity index (χ2v) is 11.9. The second kappa shape index (κ2) is 7.52. The van der Waals surface area contributed by atoms with E-state index in [1.807, 2.05) is 0 Å². The van der Waals surface area contributed by atoms with E-state index in [0.29, 0.717) is 5.02 Å². The minimum absolute atomic E-state index is 0.00875. The Hall–Kier alpha value is -1.59. The van der Waals surface area contributed by atoms with Crippen molar-refractivity contribution in [3.05, 3.63) is 64.7 Å². The highest BCUT2D eigenvalue weighted by Crippen LogP contribution is 2.50. The van der Waals surface area contributed by atoms with E-state index in [-0.39, 0.29) is 36.3 Å². The van der Waals surface area contributed by atoms with E-state index >= 15 is 0 Å². The van der Waals surface area contributed by atoms with Crippen LogP contribution < -0.4 is 9.44 Å². The van der Waals surface area contributed by atoms with Crippen molar-refractivity contribution in [1.82, 2.24) is 9.44 Å². The van der Waals surface area contributed by atoms with Gasteiger partial charge in [-0.1, -0.05) is 11.6 Å². The molecule has 1 saturated heterocycles. The van der Waals surface area contributed by atoms with Crippen molar-refractivity contribution in [1.29, 1.82) is 0 Å². The van der Waals surface area contributed by atoms with Gasteiger partial charge in [0.25, 0.3) is 10.2 Å². The van der Waals surface area contributed by atoms with Gasteiger partial charge in [0.15, 0.2) is 9.84 Å². The van der Waals surface area contributed by atoms with Crippen LogP contribution in [0.2, 0.25) is 5.02 Å². The van der Waals surface area contributed by atoms with E-state index in [1.165, 1.54) is 24.3 Å². The van der Waals surface area contributed by atoms with Gasteiger partial charge in [-0.3, -0.25) is 0 Å². The van der Waals surface area contributed by atoms with Gasteiger partial charge in [-0.2, -0.15) is 13.1 Å². The van der Waals surface area contributed by atoms with E-state index in [4.69, 9.17) is 11.6 Å². The van der Waals surface area contributed by atoms with Crippen LogP contribution in [0.15, 0.2) is 47.4 Å². The SMILES string of the molecule is O=S1(=O)NC[C@@H]2C[C@](c3cc(F)ccc3F)(S(=O)(=O)c3ccc(Cl)cc3)CC[C@@H]2N1. The van der Waals surface area contributed by atoms with Crippen molar-refractivity contribution in [3.63, 3.8) is 0 Å². The van der Waals surface area contributed by atoms with Crippen LogP contribution in [-0.2, 0) is 24.8 Å². The first-order chi connectivity index (χ1) is 14.0. The smallest absolute Gasteiger partial charge is 0.223 e. The Balaban J connectivity index is 1.87. The van der Waals surface area contributed by atoms with Crippen LogP contribution >= 0.6 is 11.6 Å². The lowest BCUT2D eigenvalue weighted by molar-refractivity contribution is 0.222. The molecule has 3 atom stereocenters. The highest BCUT2D eigenvalue weighted by Gasteiger charge is 2.54. The number of rotatable bonds is 3. The average Bonchev–Trinajstić information content (AvgIpc) is 2.69. The Kier molecular flexibility index (Phi) is 5.43. The maximum Gasteiger partial charge on any atom is 0.277 e. The van der Waals surface area contributed by atoms with Crippen molar-refractivity contribution < 1.29 is 25.6 Å². The predicted octanol–water partition coefficient (Wildman–Crippen LogP) is 2.89. The molecule has 2 aromatic carbocycles. The zero-order chi connectivity index (χ0) is 21.7. The van der Waals surface area contributed by atoms with Crippen molar-refractivity contribution in [2.24, 2.45) is 5.92 Å². The van der Waals surface area contributed by atoms with Crippen LogP contribution in [0.1, 0.15) is 24.8 Å². The van der Waals surface area contributed by atoms with Gasteiger partial charge in [-0.15, -0.1) is 0 Å². The average molecular weight is 477 g/mol.